The highest BCUT2D eigenvalue weighted by atomic mass is 32.2. The van der Waals surface area contributed by atoms with E-state index in [1.54, 1.807) is 18.2 Å². The normalized spacial score (nSPS) is 14.8. The number of carbonyl (C=O) groups is 1. The average molecular weight is 393 g/mol. The van der Waals surface area contributed by atoms with Crippen LogP contribution in [0.5, 0.6) is 11.5 Å². The molecule has 1 aliphatic heterocycles. The van der Waals surface area contributed by atoms with Gasteiger partial charge in [0.15, 0.2) is 21.3 Å². The van der Waals surface area contributed by atoms with Crippen LogP contribution < -0.4 is 14.8 Å². The van der Waals surface area contributed by atoms with E-state index in [1.807, 2.05) is 13.8 Å². The molecule has 8 heteroatoms. The van der Waals surface area contributed by atoms with Crippen molar-refractivity contribution in [2.75, 3.05) is 19.8 Å². The number of carbonyl (C=O) groups excluding carboxylic acids is 1. The quantitative estimate of drug-likeness (QED) is 0.777. The van der Waals surface area contributed by atoms with Crippen LogP contribution >= 0.6 is 0 Å². The topological polar surface area (TPSA) is 94.8 Å². The van der Waals surface area contributed by atoms with E-state index in [0.29, 0.717) is 31.1 Å². The number of ether oxygens (including phenoxy) is 2. The molecule has 0 saturated heterocycles. The molecule has 27 heavy (non-hydrogen) atoms. The highest BCUT2D eigenvalue weighted by Crippen LogP contribution is 2.36. The molecule has 0 aliphatic carbocycles. The van der Waals surface area contributed by atoms with Crippen LogP contribution in [0, 0.1) is 5.92 Å². The standard InChI is InChI=1S/C19H23NO6S/c1-13(2)10-19(21)20-12-18(16-4-3-7-24-16)27(22,23)14-5-6-15-17(11-14)26-9-8-25-15/h3-7,11,13,18H,8-10,12H2,1-2H3,(H,20,21)/t18-/m1/s1. The lowest BCUT2D eigenvalue weighted by Crippen LogP contribution is -2.32. The minimum absolute atomic E-state index is 0.0736. The largest absolute Gasteiger partial charge is 0.486 e. The second kappa shape index (κ2) is 8.04. The summed E-state index contributed by atoms with van der Waals surface area (Å²) in [5, 5.41) is 1.67. The molecule has 1 N–H and O–H groups in total. The predicted molar refractivity (Wildman–Crippen MR) is 98.5 cm³/mol. The molecule has 3 rings (SSSR count). The summed E-state index contributed by atoms with van der Waals surface area (Å²) in [5.41, 5.74) is 0. The van der Waals surface area contributed by atoms with Crippen LogP contribution in [-0.2, 0) is 14.6 Å². The number of hydrogen-bond donors (Lipinski definition) is 1. The van der Waals surface area contributed by atoms with Gasteiger partial charge in [0.1, 0.15) is 24.2 Å². The molecule has 7 nitrogen and oxygen atoms in total. The van der Waals surface area contributed by atoms with Gasteiger partial charge in [-0.2, -0.15) is 0 Å². The maximum absolute atomic E-state index is 13.2. The van der Waals surface area contributed by atoms with Gasteiger partial charge in [-0.1, -0.05) is 13.8 Å². The van der Waals surface area contributed by atoms with Crippen LogP contribution in [-0.4, -0.2) is 34.1 Å². The summed E-state index contributed by atoms with van der Waals surface area (Å²) in [6.07, 6.45) is 1.74. The second-order valence-corrected chi connectivity index (χ2v) is 8.89. The highest BCUT2D eigenvalue weighted by molar-refractivity contribution is 7.91. The third-order valence-electron chi connectivity index (χ3n) is 4.16. The molecule has 1 atom stereocenters. The van der Waals surface area contributed by atoms with E-state index in [4.69, 9.17) is 13.9 Å². The summed E-state index contributed by atoms with van der Waals surface area (Å²) in [6.45, 7) is 4.57. The lowest BCUT2D eigenvalue weighted by atomic mass is 10.1. The van der Waals surface area contributed by atoms with Gasteiger partial charge < -0.3 is 19.2 Å². The molecule has 0 saturated carbocycles. The maximum atomic E-state index is 13.2. The number of sulfone groups is 1. The first-order chi connectivity index (χ1) is 12.9. The molecule has 0 spiro atoms. The van der Waals surface area contributed by atoms with Crippen molar-refractivity contribution in [2.45, 2.75) is 30.4 Å². The summed E-state index contributed by atoms with van der Waals surface area (Å²) in [5.74, 6) is 1.17. The van der Waals surface area contributed by atoms with E-state index in [9.17, 15) is 13.2 Å². The van der Waals surface area contributed by atoms with E-state index in [1.165, 1.54) is 18.4 Å². The van der Waals surface area contributed by atoms with Crippen molar-refractivity contribution in [3.8, 4) is 11.5 Å². The third-order valence-corrected chi connectivity index (χ3v) is 6.21. The fraction of sp³-hybridized carbons (Fsp3) is 0.421. The van der Waals surface area contributed by atoms with Crippen LogP contribution in [0.3, 0.4) is 0 Å². The molecule has 0 radical (unpaired) electrons. The van der Waals surface area contributed by atoms with Crippen molar-refractivity contribution in [1.82, 2.24) is 5.32 Å². The van der Waals surface area contributed by atoms with Crippen molar-refractivity contribution in [2.24, 2.45) is 5.92 Å². The van der Waals surface area contributed by atoms with Gasteiger partial charge in [-0.15, -0.1) is 0 Å². The van der Waals surface area contributed by atoms with Crippen LogP contribution in [0.25, 0.3) is 0 Å². The Bertz CT molecular complexity index is 889. The van der Waals surface area contributed by atoms with E-state index in [0.717, 1.165) is 0 Å². The van der Waals surface area contributed by atoms with Crippen molar-refractivity contribution < 1.29 is 27.1 Å². The highest BCUT2D eigenvalue weighted by Gasteiger charge is 2.33. The van der Waals surface area contributed by atoms with Crippen molar-refractivity contribution in [1.29, 1.82) is 0 Å². The number of furan rings is 1. The lowest BCUT2D eigenvalue weighted by Gasteiger charge is -2.21. The Hall–Kier alpha value is -2.48. The number of nitrogens with one attached hydrogen (secondary N) is 1. The molecule has 1 aromatic carbocycles. The Morgan fingerprint density at radius 2 is 1.89 bits per heavy atom. The maximum Gasteiger partial charge on any atom is 0.220 e. The van der Waals surface area contributed by atoms with Gasteiger partial charge in [-0.25, -0.2) is 8.42 Å². The zero-order chi connectivity index (χ0) is 19.4. The zero-order valence-corrected chi connectivity index (χ0v) is 16.1. The number of amides is 1. The number of rotatable bonds is 7. The van der Waals surface area contributed by atoms with E-state index in [-0.39, 0.29) is 29.0 Å². The molecule has 0 fully saturated rings. The van der Waals surface area contributed by atoms with Crippen molar-refractivity contribution in [3.63, 3.8) is 0 Å². The van der Waals surface area contributed by atoms with Crippen LogP contribution in [0.4, 0.5) is 0 Å². The molecule has 2 aromatic rings. The minimum Gasteiger partial charge on any atom is -0.486 e. The molecule has 1 aromatic heterocycles. The molecule has 2 heterocycles. The Morgan fingerprint density at radius 3 is 2.56 bits per heavy atom. The summed E-state index contributed by atoms with van der Waals surface area (Å²) in [7, 11) is -3.83. The molecule has 146 valence electrons. The summed E-state index contributed by atoms with van der Waals surface area (Å²) in [6, 6.07) is 7.73. The van der Waals surface area contributed by atoms with Gasteiger partial charge in [0.25, 0.3) is 0 Å². The van der Waals surface area contributed by atoms with Crippen LogP contribution in [0.1, 0.15) is 31.3 Å². The van der Waals surface area contributed by atoms with Gasteiger partial charge in [-0.3, -0.25) is 4.79 Å². The number of fused-ring (bicyclic) bond motifs is 1. The zero-order valence-electron chi connectivity index (χ0n) is 15.3. The minimum atomic E-state index is -3.83. The third kappa shape index (κ3) is 4.44. The Kier molecular flexibility index (Phi) is 5.74. The number of benzene rings is 1. The van der Waals surface area contributed by atoms with Gasteiger partial charge in [0, 0.05) is 19.0 Å². The predicted octanol–water partition coefficient (Wildman–Crippen LogP) is 2.73. The molecular weight excluding hydrogens is 370 g/mol. The van der Waals surface area contributed by atoms with E-state index < -0.39 is 15.1 Å². The summed E-state index contributed by atoms with van der Waals surface area (Å²) >= 11 is 0. The van der Waals surface area contributed by atoms with E-state index in [2.05, 4.69) is 5.32 Å². The first kappa shape index (κ1) is 19.3. The summed E-state index contributed by atoms with van der Waals surface area (Å²) in [4.78, 5) is 12.1. The lowest BCUT2D eigenvalue weighted by molar-refractivity contribution is -0.121. The second-order valence-electron chi connectivity index (χ2n) is 6.76. The van der Waals surface area contributed by atoms with E-state index >= 15 is 0 Å². The SMILES string of the molecule is CC(C)CC(=O)NC[C@H](c1ccco1)S(=O)(=O)c1ccc2c(c1)OCCO2. The molecule has 0 bridgehead atoms. The van der Waals surface area contributed by atoms with Gasteiger partial charge >= 0.3 is 0 Å². The van der Waals surface area contributed by atoms with Crippen molar-refractivity contribution >= 4 is 15.7 Å². The Morgan fingerprint density at radius 1 is 1.15 bits per heavy atom. The Labute approximate surface area is 158 Å². The van der Waals surface area contributed by atoms with Gasteiger partial charge in [0.2, 0.25) is 5.91 Å². The molecule has 1 amide bonds. The van der Waals surface area contributed by atoms with Crippen molar-refractivity contribution in [3.05, 3.63) is 42.4 Å². The van der Waals surface area contributed by atoms with Crippen LogP contribution in [0.2, 0.25) is 0 Å². The van der Waals surface area contributed by atoms with Gasteiger partial charge in [-0.05, 0) is 30.2 Å². The molecule has 1 aliphatic rings. The fourth-order valence-corrected chi connectivity index (χ4v) is 4.45. The Balaban J connectivity index is 1.87. The first-order valence-corrected chi connectivity index (χ1v) is 10.4. The number of hydrogen-bond acceptors (Lipinski definition) is 6. The average Bonchev–Trinajstić information content (AvgIpc) is 3.15. The molecular formula is C19H23NO6S. The monoisotopic (exact) mass is 393 g/mol. The summed E-state index contributed by atoms with van der Waals surface area (Å²) < 4.78 is 42.8. The fourth-order valence-electron chi connectivity index (χ4n) is 2.85. The smallest absolute Gasteiger partial charge is 0.220 e. The van der Waals surface area contributed by atoms with Gasteiger partial charge in [0.05, 0.1) is 11.2 Å². The van der Waals surface area contributed by atoms with Crippen LogP contribution in [0.15, 0.2) is 45.9 Å². The molecule has 0 unspecified atom stereocenters. The first-order valence-electron chi connectivity index (χ1n) is 8.81.